The molecule has 7 heteroatoms. The topological polar surface area (TPSA) is 49.2 Å². The van der Waals surface area contributed by atoms with E-state index in [0.717, 1.165) is 40.5 Å². The molecule has 0 saturated carbocycles. The minimum absolute atomic E-state index is 0.0544. The van der Waals surface area contributed by atoms with E-state index < -0.39 is 6.61 Å². The lowest BCUT2D eigenvalue weighted by atomic mass is 10.1. The summed E-state index contributed by atoms with van der Waals surface area (Å²) in [4.78, 5) is 9.26. The van der Waals surface area contributed by atoms with E-state index in [1.165, 1.54) is 0 Å². The third-order valence-electron chi connectivity index (χ3n) is 5.07. The Morgan fingerprint density at radius 2 is 2.00 bits per heavy atom. The van der Waals surface area contributed by atoms with Gasteiger partial charge in [0.1, 0.15) is 11.6 Å². The Morgan fingerprint density at radius 1 is 1.17 bits per heavy atom. The lowest BCUT2D eigenvalue weighted by Gasteiger charge is -2.14. The molecule has 0 bridgehead atoms. The largest absolute Gasteiger partial charge is 0.435 e. The van der Waals surface area contributed by atoms with Gasteiger partial charge < -0.3 is 14.0 Å². The predicted octanol–water partition coefficient (Wildman–Crippen LogP) is 4.79. The average Bonchev–Trinajstić information content (AvgIpc) is 2.90. The van der Waals surface area contributed by atoms with Gasteiger partial charge in [0, 0.05) is 35.1 Å². The molecule has 1 unspecified atom stereocenters. The summed E-state index contributed by atoms with van der Waals surface area (Å²) in [5.74, 6) is 0.974. The Labute approximate surface area is 168 Å². The van der Waals surface area contributed by atoms with Crippen LogP contribution in [0.4, 0.5) is 8.78 Å². The van der Waals surface area contributed by atoms with Gasteiger partial charge in [-0.1, -0.05) is 0 Å². The maximum absolute atomic E-state index is 12.6. The van der Waals surface area contributed by atoms with Crippen molar-refractivity contribution in [2.75, 3.05) is 6.61 Å². The molecule has 0 aliphatic carbocycles. The second-order valence-corrected chi connectivity index (χ2v) is 7.32. The van der Waals surface area contributed by atoms with Gasteiger partial charge in [0.2, 0.25) is 0 Å². The van der Waals surface area contributed by atoms with E-state index in [0.29, 0.717) is 18.7 Å². The number of alkyl halides is 2. The van der Waals surface area contributed by atoms with Gasteiger partial charge in [-0.15, -0.1) is 0 Å². The van der Waals surface area contributed by atoms with Gasteiger partial charge in [-0.25, -0.2) is 4.98 Å². The van der Waals surface area contributed by atoms with E-state index in [9.17, 15) is 8.78 Å². The van der Waals surface area contributed by atoms with E-state index in [2.05, 4.69) is 14.3 Å². The number of imidazole rings is 1. The van der Waals surface area contributed by atoms with Crippen LogP contribution < -0.4 is 4.74 Å². The standard InChI is InChI=1S/C22H23F2N3O2/c1-13-10-17(4-5-19(13)29-22(23)24)21-26-20(16-6-8-25-14(2)11-16)18-7-9-28-15(3)12-27(18)21/h4-6,8,10-11,15,22H,7,9,12H2,1-3H3. The molecule has 152 valence electrons. The molecule has 0 fully saturated rings. The summed E-state index contributed by atoms with van der Waals surface area (Å²) in [6.07, 6.45) is 2.59. The molecule has 1 atom stereocenters. The van der Waals surface area contributed by atoms with Crippen molar-refractivity contribution < 1.29 is 18.3 Å². The van der Waals surface area contributed by atoms with E-state index in [-0.39, 0.29) is 11.9 Å². The molecule has 1 aliphatic heterocycles. The van der Waals surface area contributed by atoms with Crippen molar-refractivity contribution in [3.8, 4) is 28.4 Å². The maximum Gasteiger partial charge on any atom is 0.387 e. The average molecular weight is 399 g/mol. The molecule has 0 saturated heterocycles. The smallest absolute Gasteiger partial charge is 0.387 e. The van der Waals surface area contributed by atoms with Gasteiger partial charge in [-0.2, -0.15) is 8.78 Å². The van der Waals surface area contributed by atoms with Crippen LogP contribution >= 0.6 is 0 Å². The fraction of sp³-hybridized carbons (Fsp3) is 0.364. The monoisotopic (exact) mass is 399 g/mol. The molecule has 5 nitrogen and oxygen atoms in total. The zero-order valence-electron chi connectivity index (χ0n) is 16.7. The van der Waals surface area contributed by atoms with Gasteiger partial charge in [0.25, 0.3) is 0 Å². The number of aryl methyl sites for hydroxylation is 2. The van der Waals surface area contributed by atoms with Gasteiger partial charge in [0.05, 0.1) is 24.9 Å². The summed E-state index contributed by atoms with van der Waals surface area (Å²) in [5.41, 5.74) is 5.45. The summed E-state index contributed by atoms with van der Waals surface area (Å²) in [6.45, 7) is 4.21. The van der Waals surface area contributed by atoms with Crippen LogP contribution in [0.2, 0.25) is 0 Å². The molecule has 2 aromatic heterocycles. The van der Waals surface area contributed by atoms with Crippen molar-refractivity contribution >= 4 is 0 Å². The first kappa shape index (κ1) is 19.5. The van der Waals surface area contributed by atoms with Gasteiger partial charge in [0.15, 0.2) is 0 Å². The van der Waals surface area contributed by atoms with Crippen LogP contribution in [0.25, 0.3) is 22.6 Å². The van der Waals surface area contributed by atoms with Crippen LogP contribution in [-0.2, 0) is 17.7 Å². The Balaban J connectivity index is 1.84. The molecule has 1 aromatic carbocycles. The molecule has 3 heterocycles. The lowest BCUT2D eigenvalue weighted by Crippen LogP contribution is -2.15. The summed E-state index contributed by atoms with van der Waals surface area (Å²) >= 11 is 0. The number of halogens is 2. The Bertz CT molecular complexity index is 1030. The molecule has 0 N–H and O–H groups in total. The van der Waals surface area contributed by atoms with E-state index >= 15 is 0 Å². The van der Waals surface area contributed by atoms with Crippen LogP contribution in [0.3, 0.4) is 0 Å². The minimum Gasteiger partial charge on any atom is -0.435 e. The molecule has 1 aliphatic rings. The fourth-order valence-electron chi connectivity index (χ4n) is 3.76. The van der Waals surface area contributed by atoms with Crippen LogP contribution in [0.5, 0.6) is 5.75 Å². The number of nitrogens with zero attached hydrogens (tertiary/aromatic N) is 3. The fourth-order valence-corrected chi connectivity index (χ4v) is 3.76. The lowest BCUT2D eigenvalue weighted by molar-refractivity contribution is -0.0502. The normalized spacial score (nSPS) is 16.6. The SMILES string of the molecule is Cc1cc(-c2nc(-c3ccc(OC(F)F)c(C)c3)n3c2CCOC(C)C3)ccn1. The molecule has 29 heavy (non-hydrogen) atoms. The third-order valence-corrected chi connectivity index (χ3v) is 5.07. The molecule has 0 amide bonds. The number of benzene rings is 1. The van der Waals surface area contributed by atoms with Crippen molar-refractivity contribution in [2.45, 2.75) is 46.5 Å². The number of aromatic nitrogens is 3. The summed E-state index contributed by atoms with van der Waals surface area (Å²) in [7, 11) is 0. The van der Waals surface area contributed by atoms with Crippen LogP contribution in [0.1, 0.15) is 23.9 Å². The van der Waals surface area contributed by atoms with Gasteiger partial charge in [-0.05, 0) is 56.7 Å². The first-order valence-corrected chi connectivity index (χ1v) is 9.62. The highest BCUT2D eigenvalue weighted by Crippen LogP contribution is 2.33. The van der Waals surface area contributed by atoms with Crippen molar-refractivity contribution in [1.82, 2.24) is 14.5 Å². The number of pyridine rings is 1. The molecular formula is C22H23F2N3O2. The second kappa shape index (κ2) is 7.91. The van der Waals surface area contributed by atoms with Gasteiger partial charge in [-0.3, -0.25) is 4.98 Å². The van der Waals surface area contributed by atoms with E-state index in [4.69, 9.17) is 9.72 Å². The molecule has 0 radical (unpaired) electrons. The highest BCUT2D eigenvalue weighted by Gasteiger charge is 2.24. The Kier molecular flexibility index (Phi) is 5.32. The Morgan fingerprint density at radius 3 is 2.72 bits per heavy atom. The highest BCUT2D eigenvalue weighted by atomic mass is 19.3. The summed E-state index contributed by atoms with van der Waals surface area (Å²) in [5, 5.41) is 0. The van der Waals surface area contributed by atoms with Crippen molar-refractivity contribution in [3.05, 3.63) is 53.5 Å². The first-order valence-electron chi connectivity index (χ1n) is 9.62. The molecule has 4 rings (SSSR count). The zero-order valence-corrected chi connectivity index (χ0v) is 16.7. The predicted molar refractivity (Wildman–Crippen MR) is 106 cm³/mol. The highest BCUT2D eigenvalue weighted by molar-refractivity contribution is 5.69. The number of rotatable bonds is 4. The maximum atomic E-state index is 12.6. The van der Waals surface area contributed by atoms with Crippen molar-refractivity contribution in [2.24, 2.45) is 0 Å². The quantitative estimate of drug-likeness (QED) is 0.633. The van der Waals surface area contributed by atoms with Crippen molar-refractivity contribution in [1.29, 1.82) is 0 Å². The van der Waals surface area contributed by atoms with Crippen LogP contribution in [0.15, 0.2) is 36.5 Å². The molecule has 0 spiro atoms. The Hall–Kier alpha value is -2.80. The summed E-state index contributed by atoms with van der Waals surface area (Å²) in [6, 6.07) is 9.17. The molecular weight excluding hydrogens is 376 g/mol. The van der Waals surface area contributed by atoms with Crippen LogP contribution in [-0.4, -0.2) is 33.9 Å². The second-order valence-electron chi connectivity index (χ2n) is 7.32. The third kappa shape index (κ3) is 4.00. The zero-order chi connectivity index (χ0) is 20.5. The number of ether oxygens (including phenoxy) is 2. The van der Waals surface area contributed by atoms with Crippen LogP contribution in [0, 0.1) is 13.8 Å². The molecule has 3 aromatic rings. The van der Waals surface area contributed by atoms with Crippen molar-refractivity contribution in [3.63, 3.8) is 0 Å². The van der Waals surface area contributed by atoms with Gasteiger partial charge >= 0.3 is 6.61 Å². The first-order chi connectivity index (χ1) is 13.9. The minimum atomic E-state index is -2.85. The number of hydrogen-bond acceptors (Lipinski definition) is 4. The van der Waals surface area contributed by atoms with E-state index in [1.807, 2.05) is 32.0 Å². The van der Waals surface area contributed by atoms with E-state index in [1.54, 1.807) is 25.3 Å². The summed E-state index contributed by atoms with van der Waals surface area (Å²) < 4.78 is 37.8. The number of fused-ring (bicyclic) bond motifs is 1. The number of hydrogen-bond donors (Lipinski definition) is 0.